The van der Waals surface area contributed by atoms with Crippen LogP contribution in [-0.2, 0) is 4.74 Å². The molecule has 0 aliphatic heterocycles. The first-order valence-electron chi connectivity index (χ1n) is 5.31. The molecule has 3 nitrogen and oxygen atoms in total. The molecule has 0 spiro atoms. The van der Waals surface area contributed by atoms with E-state index in [1.807, 2.05) is 13.8 Å². The summed E-state index contributed by atoms with van der Waals surface area (Å²) in [6.07, 6.45) is 0.314. The number of rotatable bonds is 5. The molecule has 0 bridgehead atoms. The molecule has 0 radical (unpaired) electrons. The summed E-state index contributed by atoms with van der Waals surface area (Å²) in [5.74, 6) is 0.513. The Bertz CT molecular complexity index is 413. The molecule has 0 aliphatic rings. The molecule has 0 saturated carbocycles. The fraction of sp³-hybridized carbons (Fsp3) is 0.462. The molecule has 17 heavy (non-hydrogen) atoms. The van der Waals surface area contributed by atoms with E-state index >= 15 is 0 Å². The average molecular weight is 257 g/mol. The molecule has 0 atom stereocenters. The zero-order valence-corrected chi connectivity index (χ0v) is 11.3. The number of carbonyl (C=O) groups is 1. The average Bonchev–Trinajstić information content (AvgIpc) is 2.29. The van der Waals surface area contributed by atoms with E-state index in [4.69, 9.17) is 21.1 Å². The van der Waals surface area contributed by atoms with Gasteiger partial charge in [-0.15, -0.1) is 0 Å². The van der Waals surface area contributed by atoms with Crippen LogP contribution in [0.3, 0.4) is 0 Å². The van der Waals surface area contributed by atoms with Crippen molar-refractivity contribution in [1.82, 2.24) is 0 Å². The third kappa shape index (κ3) is 3.72. The van der Waals surface area contributed by atoms with Crippen LogP contribution < -0.4 is 4.74 Å². The highest BCUT2D eigenvalue weighted by molar-refractivity contribution is 6.32. The Labute approximate surface area is 107 Å². The molecule has 0 amide bonds. The van der Waals surface area contributed by atoms with Gasteiger partial charge in [0.15, 0.2) is 5.78 Å². The second-order valence-corrected chi connectivity index (χ2v) is 4.82. The minimum atomic E-state index is -0.468. The Morgan fingerprint density at radius 2 is 2.00 bits per heavy atom. The van der Waals surface area contributed by atoms with Gasteiger partial charge in [-0.25, -0.2) is 0 Å². The maximum atomic E-state index is 12.0. The van der Waals surface area contributed by atoms with Gasteiger partial charge in [-0.2, -0.15) is 0 Å². The Morgan fingerprint density at radius 1 is 1.35 bits per heavy atom. The van der Waals surface area contributed by atoms with Crippen molar-refractivity contribution in [1.29, 1.82) is 0 Å². The first kappa shape index (κ1) is 14.0. The number of carbonyl (C=O) groups excluding carboxylic acids is 1. The summed E-state index contributed by atoms with van der Waals surface area (Å²) >= 11 is 5.90. The van der Waals surface area contributed by atoms with E-state index in [9.17, 15) is 4.79 Å². The SMILES string of the molecule is COc1cc(C(=O)CC(C)(C)OC)ccc1Cl. The molecule has 0 saturated heterocycles. The van der Waals surface area contributed by atoms with E-state index in [0.29, 0.717) is 22.8 Å². The summed E-state index contributed by atoms with van der Waals surface area (Å²) in [7, 11) is 3.12. The van der Waals surface area contributed by atoms with Crippen LogP contribution >= 0.6 is 11.6 Å². The second-order valence-electron chi connectivity index (χ2n) is 4.41. The van der Waals surface area contributed by atoms with Crippen molar-refractivity contribution in [3.63, 3.8) is 0 Å². The Morgan fingerprint density at radius 3 is 2.53 bits per heavy atom. The van der Waals surface area contributed by atoms with Gasteiger partial charge in [-0.1, -0.05) is 11.6 Å². The zero-order valence-electron chi connectivity index (χ0n) is 10.5. The van der Waals surface area contributed by atoms with E-state index in [-0.39, 0.29) is 5.78 Å². The van der Waals surface area contributed by atoms with Gasteiger partial charge in [0.05, 0.1) is 17.7 Å². The first-order chi connectivity index (χ1) is 7.89. The monoisotopic (exact) mass is 256 g/mol. The topological polar surface area (TPSA) is 35.5 Å². The van der Waals surface area contributed by atoms with Crippen LogP contribution in [0.2, 0.25) is 5.02 Å². The van der Waals surface area contributed by atoms with Crippen LogP contribution in [0.25, 0.3) is 0 Å². The van der Waals surface area contributed by atoms with Crippen LogP contribution in [0.5, 0.6) is 5.75 Å². The van der Waals surface area contributed by atoms with Gasteiger partial charge in [-0.3, -0.25) is 4.79 Å². The van der Waals surface area contributed by atoms with E-state index in [1.54, 1.807) is 25.3 Å². The summed E-state index contributed by atoms with van der Waals surface area (Å²) in [4.78, 5) is 12.0. The maximum Gasteiger partial charge on any atom is 0.165 e. The molecule has 4 heteroatoms. The normalized spacial score (nSPS) is 11.4. The lowest BCUT2D eigenvalue weighted by Crippen LogP contribution is -2.26. The summed E-state index contributed by atoms with van der Waals surface area (Å²) < 4.78 is 10.3. The smallest absolute Gasteiger partial charge is 0.165 e. The van der Waals surface area contributed by atoms with E-state index in [2.05, 4.69) is 0 Å². The van der Waals surface area contributed by atoms with Gasteiger partial charge >= 0.3 is 0 Å². The number of ketones is 1. The van der Waals surface area contributed by atoms with Gasteiger partial charge in [-0.05, 0) is 32.0 Å². The molecule has 0 fully saturated rings. The lowest BCUT2D eigenvalue weighted by molar-refractivity contribution is 0.0172. The zero-order chi connectivity index (χ0) is 13.1. The molecule has 0 heterocycles. The molecule has 1 aromatic carbocycles. The number of hydrogen-bond acceptors (Lipinski definition) is 3. The van der Waals surface area contributed by atoms with Crippen LogP contribution in [-0.4, -0.2) is 25.6 Å². The van der Waals surface area contributed by atoms with E-state index in [0.717, 1.165) is 0 Å². The highest BCUT2D eigenvalue weighted by Gasteiger charge is 2.22. The summed E-state index contributed by atoms with van der Waals surface area (Å²) in [5.41, 5.74) is 0.112. The van der Waals surface area contributed by atoms with Gasteiger partial charge in [0, 0.05) is 19.1 Å². The van der Waals surface area contributed by atoms with Crippen molar-refractivity contribution in [2.75, 3.05) is 14.2 Å². The predicted molar refractivity (Wildman–Crippen MR) is 68.0 cm³/mol. The van der Waals surface area contributed by atoms with Crippen LogP contribution in [0.4, 0.5) is 0 Å². The van der Waals surface area contributed by atoms with Crippen LogP contribution in [0, 0.1) is 0 Å². The van der Waals surface area contributed by atoms with Crippen LogP contribution in [0.1, 0.15) is 30.6 Å². The van der Waals surface area contributed by atoms with Crippen LogP contribution in [0.15, 0.2) is 18.2 Å². The highest BCUT2D eigenvalue weighted by atomic mass is 35.5. The van der Waals surface area contributed by atoms with Crippen molar-refractivity contribution in [3.8, 4) is 5.75 Å². The second kappa shape index (κ2) is 5.52. The maximum absolute atomic E-state index is 12.0. The van der Waals surface area contributed by atoms with Gasteiger partial charge in [0.1, 0.15) is 5.75 Å². The van der Waals surface area contributed by atoms with Crippen molar-refractivity contribution in [3.05, 3.63) is 28.8 Å². The fourth-order valence-corrected chi connectivity index (χ4v) is 1.59. The number of halogens is 1. The van der Waals surface area contributed by atoms with E-state index < -0.39 is 5.60 Å². The van der Waals surface area contributed by atoms with Crippen molar-refractivity contribution in [2.24, 2.45) is 0 Å². The number of benzene rings is 1. The summed E-state index contributed by atoms with van der Waals surface area (Å²) in [5, 5.41) is 0.495. The Kier molecular flexibility index (Phi) is 4.54. The number of Topliss-reactive ketones (excluding diaryl/α,β-unsaturated/α-hetero) is 1. The standard InChI is InChI=1S/C13H17ClO3/c1-13(2,17-4)8-11(15)9-5-6-10(14)12(7-9)16-3/h5-7H,8H2,1-4H3. The Balaban J connectivity index is 2.90. The number of hydrogen-bond donors (Lipinski definition) is 0. The molecule has 1 rings (SSSR count). The molecular formula is C13H17ClO3. The third-order valence-electron chi connectivity index (χ3n) is 2.61. The minimum Gasteiger partial charge on any atom is -0.495 e. The molecule has 0 N–H and O–H groups in total. The molecule has 0 aliphatic carbocycles. The largest absolute Gasteiger partial charge is 0.495 e. The lowest BCUT2D eigenvalue weighted by atomic mass is 9.97. The summed E-state index contributed by atoms with van der Waals surface area (Å²) in [6.45, 7) is 3.75. The molecule has 0 unspecified atom stereocenters. The van der Waals surface area contributed by atoms with E-state index in [1.165, 1.54) is 7.11 Å². The third-order valence-corrected chi connectivity index (χ3v) is 2.92. The Hall–Kier alpha value is -1.06. The van der Waals surface area contributed by atoms with Gasteiger partial charge in [0.2, 0.25) is 0 Å². The molecule has 94 valence electrons. The van der Waals surface area contributed by atoms with Gasteiger partial charge < -0.3 is 9.47 Å². The van der Waals surface area contributed by atoms with Crippen molar-refractivity contribution >= 4 is 17.4 Å². The molecule has 0 aromatic heterocycles. The predicted octanol–water partition coefficient (Wildman–Crippen LogP) is 3.35. The van der Waals surface area contributed by atoms with Crippen molar-refractivity contribution < 1.29 is 14.3 Å². The minimum absolute atomic E-state index is 0.00631. The molecule has 1 aromatic rings. The molecular weight excluding hydrogens is 240 g/mol. The quantitative estimate of drug-likeness (QED) is 0.758. The number of methoxy groups -OCH3 is 2. The highest BCUT2D eigenvalue weighted by Crippen LogP contribution is 2.26. The summed E-state index contributed by atoms with van der Waals surface area (Å²) in [6, 6.07) is 5.00. The number of ether oxygens (including phenoxy) is 2. The van der Waals surface area contributed by atoms with Crippen molar-refractivity contribution in [2.45, 2.75) is 25.9 Å². The fourth-order valence-electron chi connectivity index (χ4n) is 1.39. The first-order valence-corrected chi connectivity index (χ1v) is 5.69. The lowest BCUT2D eigenvalue weighted by Gasteiger charge is -2.21. The van der Waals surface area contributed by atoms with Gasteiger partial charge in [0.25, 0.3) is 0 Å².